The average molecular weight is 522 g/mol. The third-order valence-electron chi connectivity index (χ3n) is 4.93. The summed E-state index contributed by atoms with van der Waals surface area (Å²) in [6.45, 7) is -0.672. The quantitative estimate of drug-likeness (QED) is 0.403. The third-order valence-corrected chi connectivity index (χ3v) is 6.08. The highest BCUT2D eigenvalue weighted by atomic mass is 35.5. The highest BCUT2D eigenvalue weighted by molar-refractivity contribution is 8.18. The van der Waals surface area contributed by atoms with E-state index in [1.807, 2.05) is 6.07 Å². The Labute approximate surface area is 216 Å². The summed E-state index contributed by atoms with van der Waals surface area (Å²) in [6, 6.07) is 22.3. The first-order valence-corrected chi connectivity index (χ1v) is 12.0. The predicted octanol–water partition coefficient (Wildman–Crippen LogP) is 5.03. The van der Waals surface area contributed by atoms with Gasteiger partial charge in [-0.15, -0.1) is 0 Å². The van der Waals surface area contributed by atoms with Crippen LogP contribution in [0, 0.1) is 0 Å². The molecule has 1 heterocycles. The van der Waals surface area contributed by atoms with Crippen molar-refractivity contribution in [1.29, 1.82) is 0 Å². The summed E-state index contributed by atoms with van der Waals surface area (Å²) in [4.78, 5) is 50.9. The number of rotatable bonds is 8. The SMILES string of the molecule is O=C(COc1ccccc1/C=C1/SC(=O)N(CC(=O)Nc2ccc(Cl)cc2)C1=O)Nc1ccccc1. The van der Waals surface area contributed by atoms with Crippen LogP contribution in [0.2, 0.25) is 5.02 Å². The molecule has 182 valence electrons. The van der Waals surface area contributed by atoms with E-state index < -0.39 is 23.6 Å². The van der Waals surface area contributed by atoms with E-state index in [4.69, 9.17) is 16.3 Å². The smallest absolute Gasteiger partial charge is 0.294 e. The van der Waals surface area contributed by atoms with Crippen LogP contribution in [0.15, 0.2) is 83.8 Å². The van der Waals surface area contributed by atoms with Crippen LogP contribution in [0.4, 0.5) is 16.2 Å². The summed E-state index contributed by atoms with van der Waals surface area (Å²) in [6.07, 6.45) is 1.51. The molecule has 1 fully saturated rings. The van der Waals surface area contributed by atoms with Crippen LogP contribution in [-0.4, -0.2) is 41.0 Å². The maximum absolute atomic E-state index is 12.8. The molecule has 0 bridgehead atoms. The molecule has 0 atom stereocenters. The van der Waals surface area contributed by atoms with E-state index in [1.165, 1.54) is 6.08 Å². The highest BCUT2D eigenvalue weighted by Crippen LogP contribution is 2.34. The Morgan fingerprint density at radius 3 is 2.25 bits per heavy atom. The van der Waals surface area contributed by atoms with Crippen LogP contribution < -0.4 is 15.4 Å². The number of hydrogen-bond donors (Lipinski definition) is 2. The van der Waals surface area contributed by atoms with Gasteiger partial charge in [0.2, 0.25) is 5.91 Å². The molecule has 2 N–H and O–H groups in total. The standard InChI is InChI=1S/C26H20ClN3O5S/c27-18-10-12-20(13-11-18)28-23(31)15-30-25(33)22(36-26(30)34)14-17-6-4-5-9-21(17)35-16-24(32)29-19-7-2-1-3-8-19/h1-14H,15-16H2,(H,28,31)(H,29,32)/b22-14+. The van der Waals surface area contributed by atoms with Crippen molar-refractivity contribution >= 4 is 63.8 Å². The fourth-order valence-corrected chi connectivity index (χ4v) is 4.20. The van der Waals surface area contributed by atoms with E-state index in [-0.39, 0.29) is 17.4 Å². The lowest BCUT2D eigenvalue weighted by atomic mass is 10.2. The molecule has 0 unspecified atom stereocenters. The zero-order valence-corrected chi connectivity index (χ0v) is 20.3. The lowest BCUT2D eigenvalue weighted by Gasteiger charge is -2.12. The zero-order valence-electron chi connectivity index (χ0n) is 18.8. The molecule has 1 aliphatic heterocycles. The van der Waals surface area contributed by atoms with Gasteiger partial charge in [0.25, 0.3) is 17.1 Å². The molecule has 1 saturated heterocycles. The number of halogens is 1. The Balaban J connectivity index is 1.39. The fraction of sp³-hybridized carbons (Fsp3) is 0.0769. The second kappa shape index (κ2) is 11.6. The molecule has 3 aromatic rings. The lowest BCUT2D eigenvalue weighted by molar-refractivity contribution is -0.127. The van der Waals surface area contributed by atoms with Gasteiger partial charge >= 0.3 is 0 Å². The van der Waals surface area contributed by atoms with Gasteiger partial charge in [0, 0.05) is 22.0 Å². The molecule has 1 aliphatic rings. The van der Waals surface area contributed by atoms with Gasteiger partial charge < -0.3 is 15.4 Å². The minimum atomic E-state index is -0.590. The second-order valence-corrected chi connectivity index (χ2v) is 8.99. The Kier molecular flexibility index (Phi) is 8.04. The van der Waals surface area contributed by atoms with Crippen molar-refractivity contribution in [3.63, 3.8) is 0 Å². The van der Waals surface area contributed by atoms with E-state index in [0.29, 0.717) is 27.7 Å². The van der Waals surface area contributed by atoms with Crippen molar-refractivity contribution in [2.45, 2.75) is 0 Å². The molecule has 0 aromatic heterocycles. The van der Waals surface area contributed by atoms with Crippen molar-refractivity contribution in [2.75, 3.05) is 23.8 Å². The van der Waals surface area contributed by atoms with E-state index in [1.54, 1.807) is 72.8 Å². The maximum Gasteiger partial charge on any atom is 0.294 e. The van der Waals surface area contributed by atoms with Gasteiger partial charge in [0.05, 0.1) is 4.91 Å². The number of carbonyl (C=O) groups excluding carboxylic acids is 4. The van der Waals surface area contributed by atoms with E-state index in [0.717, 1.165) is 16.7 Å². The number of thioether (sulfide) groups is 1. The Bertz CT molecular complexity index is 1330. The number of amides is 4. The number of ether oxygens (including phenoxy) is 1. The summed E-state index contributed by atoms with van der Waals surface area (Å²) < 4.78 is 5.66. The van der Waals surface area contributed by atoms with Crippen molar-refractivity contribution in [3.8, 4) is 5.75 Å². The van der Waals surface area contributed by atoms with Gasteiger partial charge in [-0.25, -0.2) is 0 Å². The topological polar surface area (TPSA) is 105 Å². The van der Waals surface area contributed by atoms with Gasteiger partial charge in [0.1, 0.15) is 12.3 Å². The monoisotopic (exact) mass is 521 g/mol. The second-order valence-electron chi connectivity index (χ2n) is 7.56. The Hall–Kier alpha value is -4.08. The Morgan fingerprint density at radius 1 is 0.861 bits per heavy atom. The summed E-state index contributed by atoms with van der Waals surface area (Å²) in [7, 11) is 0. The molecule has 0 aliphatic carbocycles. The minimum absolute atomic E-state index is 0.143. The third kappa shape index (κ3) is 6.53. The first-order chi connectivity index (χ1) is 17.4. The van der Waals surface area contributed by atoms with E-state index in [9.17, 15) is 19.2 Å². The number of imide groups is 1. The number of benzene rings is 3. The molecular weight excluding hydrogens is 502 g/mol. The predicted molar refractivity (Wildman–Crippen MR) is 140 cm³/mol. The largest absolute Gasteiger partial charge is 0.483 e. The highest BCUT2D eigenvalue weighted by Gasteiger charge is 2.36. The Morgan fingerprint density at radius 2 is 1.50 bits per heavy atom. The van der Waals surface area contributed by atoms with Crippen molar-refractivity contribution in [3.05, 3.63) is 94.4 Å². The van der Waals surface area contributed by atoms with Crippen LogP contribution in [-0.2, 0) is 14.4 Å². The van der Waals surface area contributed by atoms with Crippen molar-refractivity contribution in [1.82, 2.24) is 4.90 Å². The van der Waals surface area contributed by atoms with E-state index in [2.05, 4.69) is 10.6 Å². The molecule has 8 nitrogen and oxygen atoms in total. The average Bonchev–Trinajstić information content (AvgIpc) is 3.13. The van der Waals surface area contributed by atoms with Gasteiger partial charge in [-0.05, 0) is 60.3 Å². The molecule has 4 rings (SSSR count). The fourth-order valence-electron chi connectivity index (χ4n) is 3.25. The van der Waals surface area contributed by atoms with Crippen LogP contribution in [0.25, 0.3) is 6.08 Å². The number of nitrogens with one attached hydrogen (secondary N) is 2. The van der Waals surface area contributed by atoms with Crippen molar-refractivity contribution < 1.29 is 23.9 Å². The molecule has 3 aromatic carbocycles. The number of para-hydroxylation sites is 2. The number of nitrogens with zero attached hydrogens (tertiary/aromatic N) is 1. The normalized spacial score (nSPS) is 14.1. The maximum atomic E-state index is 12.8. The van der Waals surface area contributed by atoms with Gasteiger partial charge in [-0.2, -0.15) is 0 Å². The van der Waals surface area contributed by atoms with Crippen LogP contribution in [0.5, 0.6) is 5.75 Å². The first kappa shape index (κ1) is 25.0. The van der Waals surface area contributed by atoms with Crippen LogP contribution in [0.1, 0.15) is 5.56 Å². The lowest BCUT2D eigenvalue weighted by Crippen LogP contribution is -2.36. The molecule has 0 radical (unpaired) electrons. The van der Waals surface area contributed by atoms with E-state index >= 15 is 0 Å². The van der Waals surface area contributed by atoms with Crippen LogP contribution >= 0.6 is 23.4 Å². The summed E-state index contributed by atoms with van der Waals surface area (Å²) in [5, 5.41) is 5.31. The molecule has 0 saturated carbocycles. The number of anilines is 2. The minimum Gasteiger partial charge on any atom is -0.483 e. The summed E-state index contributed by atoms with van der Waals surface area (Å²) >= 11 is 6.57. The van der Waals surface area contributed by atoms with Gasteiger partial charge in [-0.3, -0.25) is 24.1 Å². The van der Waals surface area contributed by atoms with Gasteiger partial charge in [0.15, 0.2) is 6.61 Å². The number of carbonyl (C=O) groups is 4. The van der Waals surface area contributed by atoms with Crippen molar-refractivity contribution in [2.24, 2.45) is 0 Å². The van der Waals surface area contributed by atoms with Gasteiger partial charge in [-0.1, -0.05) is 48.0 Å². The van der Waals surface area contributed by atoms with Crippen LogP contribution in [0.3, 0.4) is 0 Å². The zero-order chi connectivity index (χ0) is 25.5. The molecule has 4 amide bonds. The molecule has 36 heavy (non-hydrogen) atoms. The molecule has 0 spiro atoms. The first-order valence-electron chi connectivity index (χ1n) is 10.8. The molecular formula is C26H20ClN3O5S. The molecule has 10 heteroatoms. The summed E-state index contributed by atoms with van der Waals surface area (Å²) in [5.41, 5.74) is 1.66. The summed E-state index contributed by atoms with van der Waals surface area (Å²) in [5.74, 6) is -1.09. The number of hydrogen-bond acceptors (Lipinski definition) is 6.